The van der Waals surface area contributed by atoms with Gasteiger partial charge in [0, 0.05) is 26.1 Å². The zero-order valence-electron chi connectivity index (χ0n) is 10.1. The molecule has 0 bridgehead atoms. The number of amides is 2. The monoisotopic (exact) mass is 228 g/mol. The fraction of sp³-hybridized carbons (Fsp3) is 0.818. The molecule has 1 heterocycles. The molecule has 92 valence electrons. The summed E-state index contributed by atoms with van der Waals surface area (Å²) in [6.07, 6.45) is -0.412. The Morgan fingerprint density at radius 1 is 1.38 bits per heavy atom. The molecule has 0 radical (unpaired) electrons. The molecule has 16 heavy (non-hydrogen) atoms. The summed E-state index contributed by atoms with van der Waals surface area (Å²) < 4.78 is 0. The van der Waals surface area contributed by atoms with E-state index in [0.29, 0.717) is 26.1 Å². The minimum Gasteiger partial charge on any atom is -0.465 e. The SMILES string of the molecule is CCC(=O)N1CCN(C(=O)O)C[C@H]1C(C)C. The maximum absolute atomic E-state index is 11.7. The van der Waals surface area contributed by atoms with Crippen LogP contribution >= 0.6 is 0 Å². The summed E-state index contributed by atoms with van der Waals surface area (Å²) in [6.45, 7) is 7.24. The van der Waals surface area contributed by atoms with Crippen molar-refractivity contribution in [2.45, 2.75) is 33.2 Å². The van der Waals surface area contributed by atoms with Gasteiger partial charge in [-0.3, -0.25) is 4.79 Å². The molecule has 1 atom stereocenters. The van der Waals surface area contributed by atoms with Crippen LogP contribution in [0.25, 0.3) is 0 Å². The van der Waals surface area contributed by atoms with Crippen LogP contribution in [0.1, 0.15) is 27.2 Å². The van der Waals surface area contributed by atoms with Crippen LogP contribution in [0, 0.1) is 5.92 Å². The van der Waals surface area contributed by atoms with Crippen molar-refractivity contribution in [3.63, 3.8) is 0 Å². The zero-order valence-corrected chi connectivity index (χ0v) is 10.1. The Balaban J connectivity index is 2.75. The second-order valence-corrected chi connectivity index (χ2v) is 4.48. The van der Waals surface area contributed by atoms with Gasteiger partial charge >= 0.3 is 6.09 Å². The van der Waals surface area contributed by atoms with E-state index in [0.717, 1.165) is 0 Å². The summed E-state index contributed by atoms with van der Waals surface area (Å²) in [6, 6.07) is 0.0114. The molecule has 0 aromatic carbocycles. The first-order chi connectivity index (χ1) is 7.47. The maximum Gasteiger partial charge on any atom is 0.407 e. The Hall–Kier alpha value is -1.26. The Morgan fingerprint density at radius 2 is 2.00 bits per heavy atom. The first-order valence-corrected chi connectivity index (χ1v) is 5.74. The van der Waals surface area contributed by atoms with Gasteiger partial charge in [-0.25, -0.2) is 4.79 Å². The van der Waals surface area contributed by atoms with Crippen LogP contribution < -0.4 is 0 Å². The van der Waals surface area contributed by atoms with Crippen LogP contribution in [0.2, 0.25) is 0 Å². The number of hydrogen-bond donors (Lipinski definition) is 1. The number of hydrogen-bond acceptors (Lipinski definition) is 2. The third-order valence-corrected chi connectivity index (χ3v) is 3.08. The highest BCUT2D eigenvalue weighted by Gasteiger charge is 2.33. The van der Waals surface area contributed by atoms with E-state index in [4.69, 9.17) is 5.11 Å². The highest BCUT2D eigenvalue weighted by molar-refractivity contribution is 5.76. The molecule has 0 spiro atoms. The number of piperazine rings is 1. The molecule has 5 nitrogen and oxygen atoms in total. The zero-order chi connectivity index (χ0) is 12.3. The summed E-state index contributed by atoms with van der Waals surface area (Å²) in [5.41, 5.74) is 0. The molecule has 1 N–H and O–H groups in total. The molecule has 0 aliphatic carbocycles. The lowest BCUT2D eigenvalue weighted by atomic mass is 9.99. The van der Waals surface area contributed by atoms with Gasteiger partial charge < -0.3 is 14.9 Å². The van der Waals surface area contributed by atoms with Crippen LogP contribution in [0.15, 0.2) is 0 Å². The van der Waals surface area contributed by atoms with Gasteiger partial charge in [-0.1, -0.05) is 20.8 Å². The van der Waals surface area contributed by atoms with E-state index in [-0.39, 0.29) is 17.9 Å². The lowest BCUT2D eigenvalue weighted by Crippen LogP contribution is -2.58. The molecule has 0 aromatic heterocycles. The van der Waals surface area contributed by atoms with E-state index >= 15 is 0 Å². The Morgan fingerprint density at radius 3 is 2.44 bits per heavy atom. The lowest BCUT2D eigenvalue weighted by molar-refractivity contribution is -0.136. The van der Waals surface area contributed by atoms with Crippen LogP contribution in [0.4, 0.5) is 4.79 Å². The first-order valence-electron chi connectivity index (χ1n) is 5.74. The molecule has 0 unspecified atom stereocenters. The van der Waals surface area contributed by atoms with Gasteiger partial charge in [0.25, 0.3) is 0 Å². The van der Waals surface area contributed by atoms with E-state index in [2.05, 4.69) is 0 Å². The smallest absolute Gasteiger partial charge is 0.407 e. The highest BCUT2D eigenvalue weighted by Crippen LogP contribution is 2.18. The Labute approximate surface area is 96.0 Å². The van der Waals surface area contributed by atoms with E-state index in [1.54, 1.807) is 0 Å². The third-order valence-electron chi connectivity index (χ3n) is 3.08. The summed E-state index contributed by atoms with van der Waals surface area (Å²) in [5, 5.41) is 8.94. The Bertz CT molecular complexity index is 278. The summed E-state index contributed by atoms with van der Waals surface area (Å²) in [5.74, 6) is 0.390. The van der Waals surface area contributed by atoms with E-state index in [1.807, 2.05) is 25.7 Å². The van der Waals surface area contributed by atoms with Gasteiger partial charge in [-0.05, 0) is 5.92 Å². The van der Waals surface area contributed by atoms with Crippen molar-refractivity contribution in [2.24, 2.45) is 5.92 Å². The molecule has 0 aromatic rings. The van der Waals surface area contributed by atoms with Crippen LogP contribution in [-0.2, 0) is 4.79 Å². The minimum atomic E-state index is -0.894. The average molecular weight is 228 g/mol. The number of rotatable bonds is 2. The first kappa shape index (κ1) is 12.8. The molecule has 1 aliphatic heterocycles. The number of carbonyl (C=O) groups excluding carboxylic acids is 1. The number of carbonyl (C=O) groups is 2. The fourth-order valence-corrected chi connectivity index (χ4v) is 2.07. The molecule has 2 amide bonds. The van der Waals surface area contributed by atoms with Crippen molar-refractivity contribution < 1.29 is 14.7 Å². The summed E-state index contributed by atoms with van der Waals surface area (Å²) >= 11 is 0. The maximum atomic E-state index is 11.7. The topological polar surface area (TPSA) is 60.9 Å². The average Bonchev–Trinajstić information content (AvgIpc) is 2.26. The second-order valence-electron chi connectivity index (χ2n) is 4.48. The summed E-state index contributed by atoms with van der Waals surface area (Å²) in [7, 11) is 0. The van der Waals surface area contributed by atoms with Crippen LogP contribution in [0.5, 0.6) is 0 Å². The molecule has 5 heteroatoms. The molecular weight excluding hydrogens is 208 g/mol. The van der Waals surface area contributed by atoms with E-state index < -0.39 is 6.09 Å². The van der Waals surface area contributed by atoms with Gasteiger partial charge in [-0.2, -0.15) is 0 Å². The normalized spacial score (nSPS) is 21.4. The summed E-state index contributed by atoms with van der Waals surface area (Å²) in [4.78, 5) is 25.8. The van der Waals surface area contributed by atoms with Crippen molar-refractivity contribution in [3.8, 4) is 0 Å². The van der Waals surface area contributed by atoms with Crippen molar-refractivity contribution in [2.75, 3.05) is 19.6 Å². The molecule has 1 aliphatic rings. The predicted octanol–water partition coefficient (Wildman–Crippen LogP) is 1.24. The number of nitrogens with zero attached hydrogens (tertiary/aromatic N) is 2. The lowest BCUT2D eigenvalue weighted by Gasteiger charge is -2.42. The van der Waals surface area contributed by atoms with Crippen molar-refractivity contribution in [1.29, 1.82) is 0 Å². The molecule has 1 rings (SSSR count). The third kappa shape index (κ3) is 2.65. The van der Waals surface area contributed by atoms with Crippen molar-refractivity contribution in [1.82, 2.24) is 9.80 Å². The molecule has 1 fully saturated rings. The van der Waals surface area contributed by atoms with Crippen molar-refractivity contribution in [3.05, 3.63) is 0 Å². The molecule has 1 saturated heterocycles. The molecule has 0 saturated carbocycles. The number of carboxylic acid groups (broad SMARTS) is 1. The fourth-order valence-electron chi connectivity index (χ4n) is 2.07. The van der Waals surface area contributed by atoms with Crippen LogP contribution in [0.3, 0.4) is 0 Å². The Kier molecular flexibility index (Phi) is 4.15. The quantitative estimate of drug-likeness (QED) is 0.773. The van der Waals surface area contributed by atoms with Gasteiger partial charge in [0.1, 0.15) is 0 Å². The largest absolute Gasteiger partial charge is 0.465 e. The van der Waals surface area contributed by atoms with Gasteiger partial charge in [-0.15, -0.1) is 0 Å². The second kappa shape index (κ2) is 5.18. The predicted molar refractivity (Wildman–Crippen MR) is 60.2 cm³/mol. The molecular formula is C11H20N2O3. The standard InChI is InChI=1S/C11H20N2O3/c1-4-10(14)13-6-5-12(11(15)16)7-9(13)8(2)3/h8-9H,4-7H2,1-3H3,(H,15,16)/t9-/m0/s1. The van der Waals surface area contributed by atoms with Gasteiger partial charge in [0.2, 0.25) is 5.91 Å². The van der Waals surface area contributed by atoms with E-state index in [1.165, 1.54) is 4.90 Å². The van der Waals surface area contributed by atoms with Gasteiger partial charge in [0.15, 0.2) is 0 Å². The van der Waals surface area contributed by atoms with Crippen molar-refractivity contribution >= 4 is 12.0 Å². The minimum absolute atomic E-state index is 0.0114. The van der Waals surface area contributed by atoms with Gasteiger partial charge in [0.05, 0.1) is 6.04 Å². The highest BCUT2D eigenvalue weighted by atomic mass is 16.4. The van der Waals surface area contributed by atoms with E-state index in [9.17, 15) is 9.59 Å². The van der Waals surface area contributed by atoms with Crippen LogP contribution in [-0.4, -0.2) is 52.6 Å².